The normalized spacial score (nSPS) is 33.9. The lowest BCUT2D eigenvalue weighted by Crippen LogP contribution is -2.57. The number of fused-ring (bicyclic) bond motifs is 3. The number of aliphatic hydroxyl groups is 1. The van der Waals surface area contributed by atoms with Crippen LogP contribution >= 0.6 is 15.9 Å². The van der Waals surface area contributed by atoms with E-state index in [1.54, 1.807) is 6.20 Å². The van der Waals surface area contributed by atoms with Gasteiger partial charge in [0.05, 0.1) is 12.1 Å². The Balaban J connectivity index is 1.78. The van der Waals surface area contributed by atoms with Crippen LogP contribution in [0.2, 0.25) is 0 Å². The first-order valence-electron chi connectivity index (χ1n) is 6.29. The summed E-state index contributed by atoms with van der Waals surface area (Å²) in [6.45, 7) is 2.14. The number of nitrogens with zero attached hydrogens (tertiary/aromatic N) is 2. The average molecular weight is 307 g/mol. The Morgan fingerprint density at radius 3 is 2.72 bits per heavy atom. The zero-order valence-electron chi connectivity index (χ0n) is 10.0. The number of pyridine rings is 1. The van der Waals surface area contributed by atoms with Gasteiger partial charge in [-0.25, -0.2) is 4.98 Å². The first-order chi connectivity index (χ1) is 8.74. The molecular weight excluding hydrogens is 292 g/mol. The summed E-state index contributed by atoms with van der Waals surface area (Å²) in [4.78, 5) is 6.44. The molecule has 3 fully saturated rings. The molecule has 4 heteroatoms. The van der Waals surface area contributed by atoms with Gasteiger partial charge in [0.1, 0.15) is 4.60 Å². The molecule has 3 saturated heterocycles. The van der Waals surface area contributed by atoms with E-state index in [0.29, 0.717) is 5.92 Å². The molecule has 3 aliphatic rings. The molecule has 18 heavy (non-hydrogen) atoms. The third kappa shape index (κ3) is 2.31. The molecule has 1 N–H and O–H groups in total. The van der Waals surface area contributed by atoms with Crippen molar-refractivity contribution in [3.63, 3.8) is 0 Å². The lowest BCUT2D eigenvalue weighted by atomic mass is 9.81. The van der Waals surface area contributed by atoms with Gasteiger partial charge in [0.15, 0.2) is 0 Å². The fourth-order valence-corrected chi connectivity index (χ4v) is 3.03. The van der Waals surface area contributed by atoms with Crippen molar-refractivity contribution in [3.05, 3.63) is 28.5 Å². The molecule has 2 bridgehead atoms. The van der Waals surface area contributed by atoms with Crippen molar-refractivity contribution >= 4 is 15.9 Å². The Morgan fingerprint density at radius 1 is 1.33 bits per heavy atom. The minimum Gasteiger partial charge on any atom is -0.390 e. The summed E-state index contributed by atoms with van der Waals surface area (Å²) in [7, 11) is 0. The zero-order valence-corrected chi connectivity index (χ0v) is 11.6. The van der Waals surface area contributed by atoms with E-state index in [-0.39, 0.29) is 12.1 Å². The van der Waals surface area contributed by atoms with Crippen molar-refractivity contribution in [3.8, 4) is 11.8 Å². The van der Waals surface area contributed by atoms with E-state index >= 15 is 0 Å². The molecule has 2 unspecified atom stereocenters. The fraction of sp³-hybridized carbons (Fsp3) is 0.500. The Bertz CT molecular complexity index is 481. The lowest BCUT2D eigenvalue weighted by molar-refractivity contribution is -0.0500. The number of hydrogen-bond donors (Lipinski definition) is 1. The first-order valence-corrected chi connectivity index (χ1v) is 7.08. The van der Waals surface area contributed by atoms with Crippen LogP contribution in [0.1, 0.15) is 18.4 Å². The van der Waals surface area contributed by atoms with Crippen molar-refractivity contribution in [2.75, 3.05) is 13.1 Å². The molecule has 0 radical (unpaired) electrons. The van der Waals surface area contributed by atoms with Crippen LogP contribution in [-0.2, 0) is 0 Å². The number of aliphatic hydroxyl groups excluding tert-OH is 1. The summed E-state index contributed by atoms with van der Waals surface area (Å²) in [5, 5.41) is 10.2. The highest BCUT2D eigenvalue weighted by atomic mass is 79.9. The summed E-state index contributed by atoms with van der Waals surface area (Å²) in [5.41, 5.74) is 0.896. The van der Waals surface area contributed by atoms with E-state index in [0.717, 1.165) is 36.1 Å². The molecule has 0 aliphatic carbocycles. The van der Waals surface area contributed by atoms with Crippen LogP contribution in [0, 0.1) is 17.8 Å². The quantitative estimate of drug-likeness (QED) is 0.585. The van der Waals surface area contributed by atoms with Crippen molar-refractivity contribution < 1.29 is 5.11 Å². The maximum Gasteiger partial charge on any atom is 0.106 e. The average Bonchev–Trinajstić information content (AvgIpc) is 2.41. The van der Waals surface area contributed by atoms with E-state index in [9.17, 15) is 5.11 Å². The van der Waals surface area contributed by atoms with Crippen LogP contribution in [0.15, 0.2) is 22.9 Å². The maximum absolute atomic E-state index is 10.2. The summed E-state index contributed by atoms with van der Waals surface area (Å²) < 4.78 is 0.813. The summed E-state index contributed by atoms with van der Waals surface area (Å²) in [6, 6.07) is 3.82. The van der Waals surface area contributed by atoms with E-state index in [1.807, 2.05) is 12.1 Å². The molecule has 0 amide bonds. The van der Waals surface area contributed by atoms with Gasteiger partial charge < -0.3 is 5.11 Å². The summed E-state index contributed by atoms with van der Waals surface area (Å²) in [5.74, 6) is 6.77. The molecule has 1 aromatic heterocycles. The van der Waals surface area contributed by atoms with Crippen LogP contribution in [0.3, 0.4) is 0 Å². The number of hydrogen-bond acceptors (Lipinski definition) is 3. The minimum absolute atomic E-state index is 0.00106. The predicted octanol–water partition coefficient (Wildman–Crippen LogP) is 1.65. The second-order valence-electron chi connectivity index (χ2n) is 4.95. The van der Waals surface area contributed by atoms with E-state index in [1.165, 1.54) is 0 Å². The third-order valence-electron chi connectivity index (χ3n) is 3.87. The standard InChI is InChI=1S/C14H15BrN2O/c15-13-4-2-10(9-16-13)1-3-12-14(18)11-5-7-17(12)8-6-11/h2,4,9,11-12,14,18H,5-8H2. The molecule has 0 aromatic carbocycles. The molecule has 4 heterocycles. The van der Waals surface area contributed by atoms with Gasteiger partial charge in [0, 0.05) is 11.8 Å². The van der Waals surface area contributed by atoms with Crippen LogP contribution in [-0.4, -0.2) is 40.2 Å². The van der Waals surface area contributed by atoms with Gasteiger partial charge in [-0.2, -0.15) is 0 Å². The molecule has 0 saturated carbocycles. The van der Waals surface area contributed by atoms with Gasteiger partial charge in [-0.3, -0.25) is 4.90 Å². The molecule has 4 rings (SSSR count). The Kier molecular flexibility index (Phi) is 3.38. The Hall–Kier alpha value is -0.890. The molecular formula is C14H15BrN2O. The van der Waals surface area contributed by atoms with Crippen LogP contribution in [0.4, 0.5) is 0 Å². The van der Waals surface area contributed by atoms with E-state index in [2.05, 4.69) is 37.7 Å². The van der Waals surface area contributed by atoms with Crippen LogP contribution in [0.25, 0.3) is 0 Å². The number of rotatable bonds is 0. The maximum atomic E-state index is 10.2. The molecule has 3 aliphatic heterocycles. The van der Waals surface area contributed by atoms with Gasteiger partial charge in [0.2, 0.25) is 0 Å². The summed E-state index contributed by atoms with van der Waals surface area (Å²) in [6.07, 6.45) is 3.68. The molecule has 0 spiro atoms. The summed E-state index contributed by atoms with van der Waals surface area (Å²) >= 11 is 3.30. The second-order valence-corrected chi connectivity index (χ2v) is 5.76. The minimum atomic E-state index is -0.289. The van der Waals surface area contributed by atoms with Crippen LogP contribution in [0.5, 0.6) is 0 Å². The highest BCUT2D eigenvalue weighted by molar-refractivity contribution is 9.10. The Labute approximate surface area is 115 Å². The highest BCUT2D eigenvalue weighted by Gasteiger charge is 2.40. The first kappa shape index (κ1) is 12.2. The van der Waals surface area contributed by atoms with Crippen molar-refractivity contribution in [1.29, 1.82) is 0 Å². The smallest absolute Gasteiger partial charge is 0.106 e. The van der Waals surface area contributed by atoms with Crippen LogP contribution < -0.4 is 0 Å². The van der Waals surface area contributed by atoms with E-state index < -0.39 is 0 Å². The van der Waals surface area contributed by atoms with Gasteiger partial charge in [-0.1, -0.05) is 11.8 Å². The van der Waals surface area contributed by atoms with Gasteiger partial charge in [-0.05, 0) is 59.9 Å². The van der Waals surface area contributed by atoms with Crippen molar-refractivity contribution in [2.24, 2.45) is 5.92 Å². The molecule has 94 valence electrons. The van der Waals surface area contributed by atoms with Crippen molar-refractivity contribution in [2.45, 2.75) is 25.0 Å². The fourth-order valence-electron chi connectivity index (χ4n) is 2.80. The monoisotopic (exact) mass is 306 g/mol. The topological polar surface area (TPSA) is 36.4 Å². The number of aromatic nitrogens is 1. The predicted molar refractivity (Wildman–Crippen MR) is 72.9 cm³/mol. The number of halogens is 1. The van der Waals surface area contributed by atoms with Crippen molar-refractivity contribution in [1.82, 2.24) is 9.88 Å². The highest BCUT2D eigenvalue weighted by Crippen LogP contribution is 2.31. The SMILES string of the molecule is OC1C2CCN(CC2)C1C#Cc1ccc(Br)nc1. The second kappa shape index (κ2) is 5.00. The van der Waals surface area contributed by atoms with Gasteiger partial charge in [0.25, 0.3) is 0 Å². The van der Waals surface area contributed by atoms with Gasteiger partial charge >= 0.3 is 0 Å². The third-order valence-corrected chi connectivity index (χ3v) is 4.33. The number of piperidine rings is 3. The molecule has 3 nitrogen and oxygen atoms in total. The zero-order chi connectivity index (χ0) is 12.5. The molecule has 1 aromatic rings. The van der Waals surface area contributed by atoms with Gasteiger partial charge in [-0.15, -0.1) is 0 Å². The molecule has 2 atom stereocenters. The largest absolute Gasteiger partial charge is 0.390 e. The Morgan fingerprint density at radius 2 is 2.11 bits per heavy atom. The van der Waals surface area contributed by atoms with E-state index in [4.69, 9.17) is 0 Å². The lowest BCUT2D eigenvalue weighted by Gasteiger charge is -2.46.